The maximum atomic E-state index is 12.6. The minimum Gasteiger partial charge on any atom is -0.508 e. The van der Waals surface area contributed by atoms with Gasteiger partial charge in [0.2, 0.25) is 0 Å². The molecule has 2 aromatic carbocycles. The number of methoxy groups -OCH3 is 1. The Hall–Kier alpha value is -2.27. The number of phenolic OH excluding ortho intramolecular Hbond substituents is 2. The zero-order valence-corrected chi connectivity index (χ0v) is 14.1. The second-order valence-corrected chi connectivity index (χ2v) is 6.24. The van der Waals surface area contributed by atoms with Gasteiger partial charge in [0.05, 0.1) is 7.11 Å². The van der Waals surface area contributed by atoms with Crippen molar-refractivity contribution in [2.75, 3.05) is 7.11 Å². The van der Waals surface area contributed by atoms with Gasteiger partial charge in [-0.25, -0.2) is 0 Å². The van der Waals surface area contributed by atoms with Crippen LogP contribution in [0.3, 0.4) is 0 Å². The normalized spacial score (nSPS) is 15.6. The number of benzene rings is 2. The number of phenols is 2. The van der Waals surface area contributed by atoms with Crippen LogP contribution in [0.1, 0.15) is 27.9 Å². The van der Waals surface area contributed by atoms with Gasteiger partial charge in [0.15, 0.2) is 17.3 Å². The summed E-state index contributed by atoms with van der Waals surface area (Å²) < 4.78 is 5.80. The third-order valence-electron chi connectivity index (χ3n) is 3.92. The first-order chi connectivity index (χ1) is 11.0. The summed E-state index contributed by atoms with van der Waals surface area (Å²) >= 11 is 3.39. The average Bonchev–Trinajstić information content (AvgIpc) is 2.52. The molecule has 0 aromatic heterocycles. The van der Waals surface area contributed by atoms with Crippen LogP contribution in [0, 0.1) is 0 Å². The Kier molecular flexibility index (Phi) is 4.13. The van der Waals surface area contributed by atoms with Crippen molar-refractivity contribution in [1.29, 1.82) is 0 Å². The fourth-order valence-corrected chi connectivity index (χ4v) is 3.17. The van der Waals surface area contributed by atoms with Crippen LogP contribution in [0.5, 0.6) is 17.2 Å². The lowest BCUT2D eigenvalue weighted by molar-refractivity contribution is 0.102. The first kappa shape index (κ1) is 15.6. The Bertz CT molecular complexity index is 824. The smallest absolute Gasteiger partial charge is 0.189 e. The Morgan fingerprint density at radius 1 is 1.17 bits per heavy atom. The van der Waals surface area contributed by atoms with Crippen molar-refractivity contribution in [3.63, 3.8) is 0 Å². The first-order valence-electron chi connectivity index (χ1n) is 7.13. The molecule has 0 fully saturated rings. The number of ether oxygens (including phenoxy) is 1. The van der Waals surface area contributed by atoms with Gasteiger partial charge in [0.25, 0.3) is 0 Å². The lowest BCUT2D eigenvalue weighted by atomic mass is 9.86. The monoisotopic (exact) mass is 374 g/mol. The highest BCUT2D eigenvalue weighted by molar-refractivity contribution is 9.10. The van der Waals surface area contributed by atoms with Crippen molar-refractivity contribution in [2.45, 2.75) is 12.8 Å². The molecule has 118 valence electrons. The molecule has 1 aliphatic carbocycles. The average molecular weight is 375 g/mol. The summed E-state index contributed by atoms with van der Waals surface area (Å²) in [6.07, 6.45) is 3.11. The molecular weight excluding hydrogens is 360 g/mol. The standard InChI is InChI=1S/C18H15BrO4/c1-23-17-8-12(15(19)9-16(17)21)6-11-3-2-10-7-13(20)4-5-14(10)18(11)22/h4-9,20-21H,2-3H2,1H3. The molecule has 2 aromatic rings. The van der Waals surface area contributed by atoms with Crippen LogP contribution in [0.2, 0.25) is 0 Å². The number of Topliss-reactive ketones (excluding diaryl/α,β-unsaturated/α-hetero) is 1. The molecule has 0 unspecified atom stereocenters. The van der Waals surface area contributed by atoms with E-state index in [-0.39, 0.29) is 17.3 Å². The lowest BCUT2D eigenvalue weighted by Gasteiger charge is -2.18. The van der Waals surface area contributed by atoms with Gasteiger partial charge < -0.3 is 14.9 Å². The van der Waals surface area contributed by atoms with Crippen LogP contribution in [-0.4, -0.2) is 23.1 Å². The van der Waals surface area contributed by atoms with E-state index in [1.165, 1.54) is 13.2 Å². The fraction of sp³-hybridized carbons (Fsp3) is 0.167. The number of aromatic hydroxyl groups is 2. The molecule has 3 rings (SSSR count). The summed E-state index contributed by atoms with van der Waals surface area (Å²) in [5.74, 6) is 0.533. The molecule has 4 nitrogen and oxygen atoms in total. The highest BCUT2D eigenvalue weighted by Crippen LogP contribution is 2.35. The molecule has 0 saturated heterocycles. The van der Waals surface area contributed by atoms with Gasteiger partial charge >= 0.3 is 0 Å². The van der Waals surface area contributed by atoms with Crippen LogP contribution in [-0.2, 0) is 6.42 Å². The molecule has 0 bridgehead atoms. The molecule has 0 aliphatic heterocycles. The summed E-state index contributed by atoms with van der Waals surface area (Å²) in [4.78, 5) is 12.6. The molecule has 0 radical (unpaired) electrons. The van der Waals surface area contributed by atoms with Crippen molar-refractivity contribution < 1.29 is 19.7 Å². The van der Waals surface area contributed by atoms with Crippen molar-refractivity contribution in [1.82, 2.24) is 0 Å². The van der Waals surface area contributed by atoms with Crippen LogP contribution in [0.4, 0.5) is 0 Å². The molecule has 0 amide bonds. The lowest BCUT2D eigenvalue weighted by Crippen LogP contribution is -2.13. The van der Waals surface area contributed by atoms with Crippen LogP contribution < -0.4 is 4.74 Å². The minimum atomic E-state index is -0.0369. The van der Waals surface area contributed by atoms with Crippen molar-refractivity contribution in [3.8, 4) is 17.2 Å². The predicted octanol–water partition coefficient (Wildman–Crippen LogP) is 4.08. The molecule has 23 heavy (non-hydrogen) atoms. The fourth-order valence-electron chi connectivity index (χ4n) is 2.72. The van der Waals surface area contributed by atoms with Crippen LogP contribution in [0.25, 0.3) is 6.08 Å². The Morgan fingerprint density at radius 2 is 1.96 bits per heavy atom. The SMILES string of the molecule is COc1cc(C=C2CCc3cc(O)ccc3C2=O)c(Br)cc1O. The second-order valence-electron chi connectivity index (χ2n) is 5.39. The predicted molar refractivity (Wildman–Crippen MR) is 91.1 cm³/mol. The van der Waals surface area contributed by atoms with Crippen LogP contribution >= 0.6 is 15.9 Å². The Balaban J connectivity index is 2.01. The molecule has 0 heterocycles. The van der Waals surface area contributed by atoms with Crippen molar-refractivity contribution in [3.05, 3.63) is 57.1 Å². The summed E-state index contributed by atoms with van der Waals surface area (Å²) in [6, 6.07) is 8.06. The summed E-state index contributed by atoms with van der Waals surface area (Å²) in [5, 5.41) is 19.3. The molecule has 5 heteroatoms. The number of hydrogen-bond acceptors (Lipinski definition) is 4. The van der Waals surface area contributed by atoms with E-state index in [4.69, 9.17) is 4.74 Å². The summed E-state index contributed by atoms with van der Waals surface area (Å²) in [7, 11) is 1.48. The van der Waals surface area contributed by atoms with E-state index in [0.717, 1.165) is 11.1 Å². The number of allylic oxidation sites excluding steroid dienone is 1. The molecular formula is C18H15BrO4. The first-order valence-corrected chi connectivity index (χ1v) is 7.92. The number of halogens is 1. The summed E-state index contributed by atoms with van der Waals surface area (Å²) in [5.41, 5.74) is 2.96. The molecule has 0 atom stereocenters. The Morgan fingerprint density at radius 3 is 2.70 bits per heavy atom. The minimum absolute atomic E-state index is 0.0369. The number of hydrogen-bond donors (Lipinski definition) is 2. The number of carbonyl (C=O) groups excluding carboxylic acids is 1. The van der Waals surface area contributed by atoms with Gasteiger partial charge in [0, 0.05) is 15.6 Å². The number of carbonyl (C=O) groups is 1. The maximum Gasteiger partial charge on any atom is 0.189 e. The molecule has 2 N–H and O–H groups in total. The summed E-state index contributed by atoms with van der Waals surface area (Å²) in [6.45, 7) is 0. The van der Waals surface area contributed by atoms with Gasteiger partial charge in [-0.05, 0) is 60.4 Å². The highest BCUT2D eigenvalue weighted by atomic mass is 79.9. The molecule has 0 spiro atoms. The Labute approximate surface area is 142 Å². The zero-order chi connectivity index (χ0) is 16.6. The van der Waals surface area contributed by atoms with Gasteiger partial charge in [-0.1, -0.05) is 15.9 Å². The van der Waals surface area contributed by atoms with Crippen molar-refractivity contribution >= 4 is 27.8 Å². The van der Waals surface area contributed by atoms with E-state index in [0.29, 0.717) is 34.2 Å². The van der Waals surface area contributed by atoms with E-state index in [1.54, 1.807) is 24.3 Å². The zero-order valence-electron chi connectivity index (χ0n) is 12.5. The second kappa shape index (κ2) is 6.08. The van der Waals surface area contributed by atoms with E-state index in [1.807, 2.05) is 6.08 Å². The van der Waals surface area contributed by atoms with Gasteiger partial charge in [-0.15, -0.1) is 0 Å². The topological polar surface area (TPSA) is 66.8 Å². The van der Waals surface area contributed by atoms with Crippen molar-refractivity contribution in [2.24, 2.45) is 0 Å². The third kappa shape index (κ3) is 2.97. The largest absolute Gasteiger partial charge is 0.508 e. The highest BCUT2D eigenvalue weighted by Gasteiger charge is 2.22. The molecule has 1 aliphatic rings. The number of fused-ring (bicyclic) bond motifs is 1. The number of rotatable bonds is 2. The van der Waals surface area contributed by atoms with Gasteiger partial charge in [0.1, 0.15) is 5.75 Å². The quantitative estimate of drug-likeness (QED) is 0.777. The number of ketones is 1. The number of aryl methyl sites for hydroxylation is 1. The van der Waals surface area contributed by atoms with Crippen LogP contribution in [0.15, 0.2) is 40.4 Å². The van der Waals surface area contributed by atoms with E-state index in [9.17, 15) is 15.0 Å². The van der Waals surface area contributed by atoms with Gasteiger partial charge in [-0.3, -0.25) is 4.79 Å². The van der Waals surface area contributed by atoms with E-state index >= 15 is 0 Å². The third-order valence-corrected chi connectivity index (χ3v) is 4.60. The van der Waals surface area contributed by atoms with Gasteiger partial charge in [-0.2, -0.15) is 0 Å². The van der Waals surface area contributed by atoms with E-state index in [2.05, 4.69) is 15.9 Å². The maximum absolute atomic E-state index is 12.6. The molecule has 0 saturated carbocycles. The van der Waals surface area contributed by atoms with E-state index < -0.39 is 0 Å².